The summed E-state index contributed by atoms with van der Waals surface area (Å²) in [5.74, 6) is 0.996. The fourth-order valence-corrected chi connectivity index (χ4v) is 1.81. The van der Waals surface area contributed by atoms with Crippen molar-refractivity contribution in [2.45, 2.75) is 19.1 Å². The van der Waals surface area contributed by atoms with Gasteiger partial charge in [0.2, 0.25) is 0 Å². The van der Waals surface area contributed by atoms with Gasteiger partial charge in [-0.25, -0.2) is 0 Å². The van der Waals surface area contributed by atoms with Crippen LogP contribution in [0.5, 0.6) is 0 Å². The van der Waals surface area contributed by atoms with Crippen molar-refractivity contribution in [2.75, 3.05) is 38.7 Å². The summed E-state index contributed by atoms with van der Waals surface area (Å²) in [6.45, 7) is 2.17. The minimum absolute atomic E-state index is 0.370. The fraction of sp³-hybridized carbons (Fsp3) is 1.00. The Morgan fingerprint density at radius 3 is 2.47 bits per heavy atom. The summed E-state index contributed by atoms with van der Waals surface area (Å²) in [4.78, 5) is 2.06. The van der Waals surface area contributed by atoms with Gasteiger partial charge in [0.1, 0.15) is 0 Å². The quantitative estimate of drug-likeness (QED) is 0.688. The lowest BCUT2D eigenvalue weighted by Gasteiger charge is -2.24. The lowest BCUT2D eigenvalue weighted by Crippen LogP contribution is -2.39. The second-order valence-electron chi connectivity index (χ2n) is 3.58. The van der Waals surface area contributed by atoms with Crippen molar-refractivity contribution in [1.82, 2.24) is 10.2 Å². The molecule has 92 valence electrons. The molecule has 0 amide bonds. The van der Waals surface area contributed by atoms with Crippen molar-refractivity contribution in [1.29, 1.82) is 0 Å². The summed E-state index contributed by atoms with van der Waals surface area (Å²) in [6, 6.07) is 0.396. The first kappa shape index (κ1) is 15.1. The smallest absolute Gasteiger partial charge is 0.307 e. The van der Waals surface area contributed by atoms with Gasteiger partial charge in [-0.1, -0.05) is 0 Å². The minimum atomic E-state index is -4.11. The van der Waals surface area contributed by atoms with Crippen molar-refractivity contribution in [2.24, 2.45) is 0 Å². The number of rotatable bonds is 7. The molecule has 0 aliphatic heterocycles. The molecular formula is C9H19F3N2S. The molecule has 0 aromatic heterocycles. The summed E-state index contributed by atoms with van der Waals surface area (Å²) in [5.41, 5.74) is 0. The SMILES string of the molecule is CSCC(C)N(C)CCNCC(F)(F)F. The molecule has 0 aromatic rings. The van der Waals surface area contributed by atoms with Crippen molar-refractivity contribution in [3.8, 4) is 0 Å². The highest BCUT2D eigenvalue weighted by Gasteiger charge is 2.26. The average Bonchev–Trinajstić information content (AvgIpc) is 2.11. The first-order valence-corrected chi connectivity index (χ1v) is 6.23. The summed E-state index contributed by atoms with van der Waals surface area (Å²) in [5, 5.41) is 2.38. The first-order chi connectivity index (χ1) is 6.87. The third kappa shape index (κ3) is 9.02. The van der Waals surface area contributed by atoms with Crippen LogP contribution in [0.2, 0.25) is 0 Å². The standard InChI is InChI=1S/C9H19F3N2S/c1-8(6-15-3)14(2)5-4-13-7-9(10,11)12/h8,13H,4-7H2,1-3H3. The lowest BCUT2D eigenvalue weighted by atomic mass is 10.3. The third-order valence-corrected chi connectivity index (χ3v) is 2.94. The molecule has 6 heteroatoms. The van der Waals surface area contributed by atoms with Gasteiger partial charge < -0.3 is 10.2 Å². The van der Waals surface area contributed by atoms with E-state index in [4.69, 9.17) is 0 Å². The van der Waals surface area contributed by atoms with Gasteiger partial charge in [0, 0.05) is 24.9 Å². The molecule has 0 saturated carbocycles. The highest BCUT2D eigenvalue weighted by atomic mass is 32.2. The van der Waals surface area contributed by atoms with E-state index in [1.165, 1.54) is 0 Å². The van der Waals surface area contributed by atoms with Crippen LogP contribution in [0.3, 0.4) is 0 Å². The second kappa shape index (κ2) is 7.35. The Hall–Kier alpha value is 0.0600. The molecule has 1 unspecified atom stereocenters. The highest BCUT2D eigenvalue weighted by molar-refractivity contribution is 7.98. The van der Waals surface area contributed by atoms with Gasteiger partial charge in [-0.2, -0.15) is 24.9 Å². The molecule has 0 saturated heterocycles. The van der Waals surface area contributed by atoms with Crippen LogP contribution in [0, 0.1) is 0 Å². The molecule has 1 atom stereocenters. The van der Waals surface area contributed by atoms with Crippen LogP contribution in [-0.2, 0) is 0 Å². The maximum absolute atomic E-state index is 11.8. The van der Waals surface area contributed by atoms with Crippen LogP contribution < -0.4 is 5.32 Å². The number of nitrogens with one attached hydrogen (secondary N) is 1. The average molecular weight is 244 g/mol. The number of nitrogens with zero attached hydrogens (tertiary/aromatic N) is 1. The van der Waals surface area contributed by atoms with E-state index < -0.39 is 12.7 Å². The van der Waals surface area contributed by atoms with Crippen molar-refractivity contribution in [3.63, 3.8) is 0 Å². The molecule has 2 nitrogen and oxygen atoms in total. The minimum Gasteiger partial charge on any atom is -0.307 e. The van der Waals surface area contributed by atoms with E-state index in [1.807, 2.05) is 13.3 Å². The fourth-order valence-electron chi connectivity index (χ4n) is 1.07. The predicted octanol–water partition coefficient (Wildman–Crippen LogP) is 1.82. The number of hydrogen-bond donors (Lipinski definition) is 1. The number of alkyl halides is 3. The van der Waals surface area contributed by atoms with Gasteiger partial charge in [0.25, 0.3) is 0 Å². The Labute approximate surface area is 93.6 Å². The van der Waals surface area contributed by atoms with Crippen molar-refractivity contribution >= 4 is 11.8 Å². The second-order valence-corrected chi connectivity index (χ2v) is 4.49. The Bertz CT molecular complexity index is 164. The van der Waals surface area contributed by atoms with E-state index in [0.717, 1.165) is 5.75 Å². The predicted molar refractivity (Wildman–Crippen MR) is 59.4 cm³/mol. The molecule has 0 bridgehead atoms. The van der Waals surface area contributed by atoms with Gasteiger partial charge in [0.15, 0.2) is 0 Å². The van der Waals surface area contributed by atoms with Crippen LogP contribution in [0.1, 0.15) is 6.92 Å². The zero-order valence-corrected chi connectivity index (χ0v) is 10.2. The van der Waals surface area contributed by atoms with E-state index >= 15 is 0 Å². The zero-order chi connectivity index (χ0) is 11.9. The molecule has 0 heterocycles. The summed E-state index contributed by atoms with van der Waals surface area (Å²) < 4.78 is 35.3. The molecule has 0 spiro atoms. The largest absolute Gasteiger partial charge is 0.401 e. The molecule has 0 aromatic carbocycles. The number of likely N-dealkylation sites (N-methyl/N-ethyl adjacent to an activating group) is 1. The van der Waals surface area contributed by atoms with Crippen LogP contribution >= 0.6 is 11.8 Å². The van der Waals surface area contributed by atoms with E-state index in [1.54, 1.807) is 11.8 Å². The summed E-state index contributed by atoms with van der Waals surface area (Å²) >= 11 is 1.74. The molecule has 0 fully saturated rings. The van der Waals surface area contributed by atoms with Crippen LogP contribution in [-0.4, -0.2) is 55.8 Å². The number of hydrogen-bond acceptors (Lipinski definition) is 3. The van der Waals surface area contributed by atoms with E-state index in [-0.39, 0.29) is 0 Å². The normalized spacial score (nSPS) is 14.6. The third-order valence-electron chi connectivity index (χ3n) is 2.13. The van der Waals surface area contributed by atoms with Gasteiger partial charge in [0.05, 0.1) is 6.54 Å². The van der Waals surface area contributed by atoms with Gasteiger partial charge >= 0.3 is 6.18 Å². The van der Waals surface area contributed by atoms with Crippen LogP contribution in [0.4, 0.5) is 13.2 Å². The molecule has 0 aliphatic rings. The molecular weight excluding hydrogens is 225 g/mol. The van der Waals surface area contributed by atoms with E-state index in [0.29, 0.717) is 19.1 Å². The Balaban J connectivity index is 3.50. The number of halogens is 3. The molecule has 15 heavy (non-hydrogen) atoms. The van der Waals surface area contributed by atoms with Gasteiger partial charge in [-0.15, -0.1) is 0 Å². The molecule has 0 rings (SSSR count). The Kier molecular flexibility index (Phi) is 7.38. The summed E-state index contributed by atoms with van der Waals surface area (Å²) in [7, 11) is 1.93. The topological polar surface area (TPSA) is 15.3 Å². The summed E-state index contributed by atoms with van der Waals surface area (Å²) in [6.07, 6.45) is -2.09. The van der Waals surface area contributed by atoms with Crippen molar-refractivity contribution < 1.29 is 13.2 Å². The monoisotopic (exact) mass is 244 g/mol. The van der Waals surface area contributed by atoms with Crippen LogP contribution in [0.25, 0.3) is 0 Å². The molecule has 0 aliphatic carbocycles. The zero-order valence-electron chi connectivity index (χ0n) is 9.40. The number of thioether (sulfide) groups is 1. The van der Waals surface area contributed by atoms with Crippen LogP contribution in [0.15, 0.2) is 0 Å². The van der Waals surface area contributed by atoms with E-state index in [9.17, 15) is 13.2 Å². The highest BCUT2D eigenvalue weighted by Crippen LogP contribution is 2.11. The lowest BCUT2D eigenvalue weighted by molar-refractivity contribution is -0.124. The van der Waals surface area contributed by atoms with Gasteiger partial charge in [-0.3, -0.25) is 0 Å². The van der Waals surface area contributed by atoms with Crippen molar-refractivity contribution in [3.05, 3.63) is 0 Å². The first-order valence-electron chi connectivity index (χ1n) is 4.83. The molecule has 1 N–H and O–H groups in total. The van der Waals surface area contributed by atoms with E-state index in [2.05, 4.69) is 17.1 Å². The Morgan fingerprint density at radius 2 is 2.00 bits per heavy atom. The Morgan fingerprint density at radius 1 is 1.40 bits per heavy atom. The molecule has 0 radical (unpaired) electrons. The van der Waals surface area contributed by atoms with Gasteiger partial charge in [-0.05, 0) is 20.2 Å². The maximum Gasteiger partial charge on any atom is 0.401 e. The maximum atomic E-state index is 11.8.